The van der Waals surface area contributed by atoms with Crippen molar-refractivity contribution >= 4 is 83.7 Å². The zero-order valence-electron chi connectivity index (χ0n) is 43.0. The first-order chi connectivity index (χ1) is 37.0. The number of benzene rings is 2. The Labute approximate surface area is 455 Å². The number of imidazole rings is 1. The number of aliphatic hydroxyl groups is 2. The molecule has 1 fully saturated rings. The summed E-state index contributed by atoms with van der Waals surface area (Å²) in [6.07, 6.45) is 6.40. The Morgan fingerprint density at radius 3 is 2.28 bits per heavy atom. The van der Waals surface area contributed by atoms with E-state index in [0.29, 0.717) is 75.8 Å². The quantitative estimate of drug-likeness (QED) is 0.0171. The fraction of sp³-hybridized carbons (Fsp3) is 0.500. The van der Waals surface area contributed by atoms with Gasteiger partial charge in [0.05, 0.1) is 34.7 Å². The number of carbonyl (C=O) groups is 1. The lowest BCUT2D eigenvalue weighted by Crippen LogP contribution is -2.37. The molecular weight excluding hydrogens is 1140 g/mol. The van der Waals surface area contributed by atoms with Crippen molar-refractivity contribution in [1.82, 2.24) is 24.8 Å². The number of nitrogens with two attached hydrogens (primary N) is 1. The van der Waals surface area contributed by atoms with Crippen LogP contribution in [0.15, 0.2) is 88.8 Å². The molecule has 28 nitrogen and oxygen atoms in total. The number of phosphoric acid groups is 3. The number of aromatic nitrogens is 4. The average molecular weight is 1210 g/mol. The molecule has 2 aliphatic heterocycles. The molecule has 2 aromatic heterocycles. The van der Waals surface area contributed by atoms with Crippen LogP contribution < -0.4 is 16.0 Å². The first-order valence-corrected chi connectivity index (χ1v) is 32.3. The monoisotopic (exact) mass is 1200 g/mol. The number of unbranched alkanes of at least 4 members (excludes halogenated alkanes) is 5. The molecule has 2 aromatic carbocycles. The van der Waals surface area contributed by atoms with Gasteiger partial charge >= 0.3 is 23.5 Å². The first-order valence-electron chi connectivity index (χ1n) is 24.9. The average Bonchev–Trinajstić information content (AvgIpc) is 4.23. The number of allylic oxidation sites excluding steroid dienone is 4. The minimum atomic E-state index is -5.81. The zero-order chi connectivity index (χ0) is 57.7. The molecule has 9 N–H and O–H groups in total. The van der Waals surface area contributed by atoms with Gasteiger partial charge in [-0.2, -0.15) is 21.6 Å². The number of aliphatic hydroxyl groups excluding tert-OH is 2. The van der Waals surface area contributed by atoms with Crippen LogP contribution in [0.4, 0.5) is 17.2 Å². The summed E-state index contributed by atoms with van der Waals surface area (Å²) < 4.78 is 134. The van der Waals surface area contributed by atoms with Gasteiger partial charge in [-0.25, -0.2) is 37.1 Å². The number of ether oxygens (including phenoxy) is 1. The van der Waals surface area contributed by atoms with Crippen molar-refractivity contribution in [1.29, 1.82) is 0 Å². The van der Waals surface area contributed by atoms with Gasteiger partial charge in [-0.1, -0.05) is 25.8 Å². The number of carbonyl (C=O) groups excluding carboxylic acids is 1. The molecule has 1 aliphatic carbocycles. The first kappa shape index (κ1) is 61.9. The van der Waals surface area contributed by atoms with E-state index in [4.69, 9.17) is 15.0 Å². The molecular formula is C46H63N8O20P3S2. The van der Waals surface area contributed by atoms with Crippen LogP contribution >= 0.6 is 23.5 Å². The molecule has 33 heteroatoms. The summed E-state index contributed by atoms with van der Waals surface area (Å²) in [5.74, 6) is -0.268. The lowest BCUT2D eigenvalue weighted by Gasteiger charge is -2.35. The van der Waals surface area contributed by atoms with Crippen molar-refractivity contribution in [3.8, 4) is 0 Å². The number of nitrogens with zero attached hydrogens (tertiary/aromatic N) is 6. The van der Waals surface area contributed by atoms with Gasteiger partial charge in [-0.3, -0.25) is 23.0 Å². The molecule has 3 aliphatic rings. The van der Waals surface area contributed by atoms with Crippen LogP contribution in [0, 0.1) is 5.92 Å². The second-order valence-electron chi connectivity index (χ2n) is 19.2. The second kappa shape index (κ2) is 25.2. The van der Waals surface area contributed by atoms with Crippen LogP contribution in [0.25, 0.3) is 11.2 Å². The van der Waals surface area contributed by atoms with E-state index in [0.717, 1.165) is 23.4 Å². The summed E-state index contributed by atoms with van der Waals surface area (Å²) in [5.41, 5.74) is 9.33. The number of amides is 1. The molecule has 4 heterocycles. The van der Waals surface area contributed by atoms with Crippen molar-refractivity contribution < 1.29 is 96.3 Å². The van der Waals surface area contributed by atoms with Crippen molar-refractivity contribution in [2.45, 2.75) is 118 Å². The highest BCUT2D eigenvalue weighted by Gasteiger charge is 2.50. The summed E-state index contributed by atoms with van der Waals surface area (Å²) >= 11 is 0. The van der Waals surface area contributed by atoms with Gasteiger partial charge < -0.3 is 50.1 Å². The van der Waals surface area contributed by atoms with Gasteiger partial charge in [-0.05, 0) is 94.3 Å². The lowest BCUT2D eigenvalue weighted by atomic mass is 9.71. The van der Waals surface area contributed by atoms with Gasteiger partial charge in [-0.15, -0.1) is 0 Å². The minimum absolute atomic E-state index is 0.0227. The van der Waals surface area contributed by atoms with E-state index < -0.39 is 86.9 Å². The van der Waals surface area contributed by atoms with E-state index in [-0.39, 0.29) is 51.4 Å². The van der Waals surface area contributed by atoms with Crippen LogP contribution in [0.3, 0.4) is 0 Å². The predicted octanol–water partition coefficient (Wildman–Crippen LogP) is 4.85. The van der Waals surface area contributed by atoms with Gasteiger partial charge in [0.25, 0.3) is 10.1 Å². The lowest BCUT2D eigenvalue weighted by molar-refractivity contribution is -0.438. The van der Waals surface area contributed by atoms with Crippen molar-refractivity contribution in [2.75, 3.05) is 43.5 Å². The van der Waals surface area contributed by atoms with Crippen molar-refractivity contribution in [2.24, 2.45) is 5.92 Å². The topological polar surface area (TPSA) is 415 Å². The number of hydrogen-bond acceptors (Lipinski definition) is 21. The molecule has 0 saturated carbocycles. The predicted molar refractivity (Wildman–Crippen MR) is 281 cm³/mol. The minimum Gasteiger partial charge on any atom is -0.744 e. The third kappa shape index (κ3) is 15.3. The third-order valence-electron chi connectivity index (χ3n) is 13.6. The maximum Gasteiger partial charge on any atom is 0.490 e. The highest BCUT2D eigenvalue weighted by Crippen LogP contribution is 2.68. The van der Waals surface area contributed by atoms with Crippen LogP contribution in [-0.4, -0.2) is 138 Å². The molecule has 0 radical (unpaired) electrons. The summed E-state index contributed by atoms with van der Waals surface area (Å²) in [6.45, 7) is 6.00. The molecule has 79 heavy (non-hydrogen) atoms. The number of hydrogen-bond donors (Lipinski definition) is 8. The Balaban J connectivity index is 0.814. The van der Waals surface area contributed by atoms with E-state index in [1.165, 1.54) is 35.2 Å². The number of nitrogens with one attached hydrogen (secondary N) is 1. The fourth-order valence-corrected chi connectivity index (χ4v) is 14.4. The highest BCUT2D eigenvalue weighted by atomic mass is 32.2. The van der Waals surface area contributed by atoms with E-state index in [1.807, 2.05) is 43.9 Å². The SMILES string of the molecule is CCN(/C1=C/C=C/C2=[N+](CCCCCC(=O)NCCCCCCOP(=O)(O)OP(=O)(O)OP(=O)(O)OC[C@H]3O[C@@H](n4cnc5c(N)ncnc54)[C@H](O)[C@@H]3O)c3ccc(S(=O)(=O)[O-])cc3C2(C)CC1C)c1ccc(S(=O)(=O)O)cc1. The molecule has 1 saturated heterocycles. The Bertz CT molecular complexity index is 3370. The van der Waals surface area contributed by atoms with Gasteiger partial charge in [0.15, 0.2) is 23.4 Å². The number of fused-ring (bicyclic) bond motifs is 4. The molecule has 434 valence electrons. The standard InChI is InChI=1S/C46H63N8O20P3S2/c1-4-52(31-16-18-32(19-17-31)78(64,65)66)35-13-12-14-38-46(3,26-30(35)2)34-25-33(79(67,68)69)20-21-36(34)53(38)23-10-7-8-15-39(55)48-22-9-5-6-11-24-70-75(58,59)73-77(62,63)74-76(60,61)71-27-37-41(56)42(57)45(72-37)54-29-51-40-43(47)49-28-50-44(40)54/h12-14,16-21,25,28-30,37,41-42,45,56-57H,4-11,15,22-24,26-27H2,1-3H3,(H7-,47,48,49,50,55,58,59,60,61,62,63,64,65,66,67,68,69)/t30?,37-,41-,42-,45-,46?/m1/s1. The Morgan fingerprint density at radius 1 is 0.924 bits per heavy atom. The maximum atomic E-state index is 12.7. The van der Waals surface area contributed by atoms with E-state index in [9.17, 15) is 69.3 Å². The van der Waals surface area contributed by atoms with Gasteiger partial charge in [0.2, 0.25) is 11.6 Å². The molecule has 5 unspecified atom stereocenters. The van der Waals surface area contributed by atoms with Gasteiger partial charge in [0, 0.05) is 55.0 Å². The number of anilines is 2. The molecule has 0 spiro atoms. The largest absolute Gasteiger partial charge is 0.744 e. The van der Waals surface area contributed by atoms with Crippen LogP contribution in [0.2, 0.25) is 0 Å². The summed E-state index contributed by atoms with van der Waals surface area (Å²) in [7, 11) is -25.9. The molecule has 4 aromatic rings. The number of rotatable bonds is 27. The van der Waals surface area contributed by atoms with Crippen molar-refractivity contribution in [3.63, 3.8) is 0 Å². The summed E-state index contributed by atoms with van der Waals surface area (Å²) in [4.78, 5) is 56.1. The molecule has 1 amide bonds. The smallest absolute Gasteiger partial charge is 0.490 e. The number of nitrogen functional groups attached to an aromatic ring is 1. The van der Waals surface area contributed by atoms with Gasteiger partial charge in [0.1, 0.15) is 46.8 Å². The Morgan fingerprint density at radius 2 is 1.59 bits per heavy atom. The summed E-state index contributed by atoms with van der Waals surface area (Å²) in [5, 5.41) is 23.9. The fourth-order valence-electron chi connectivity index (χ4n) is 9.88. The maximum absolute atomic E-state index is 12.7. The Kier molecular flexibility index (Phi) is 19.8. The van der Waals surface area contributed by atoms with Crippen LogP contribution in [0.5, 0.6) is 0 Å². The molecule has 0 bridgehead atoms. The molecule has 7 rings (SSSR count). The third-order valence-corrected chi connectivity index (χ3v) is 19.5. The zero-order valence-corrected chi connectivity index (χ0v) is 47.3. The van der Waals surface area contributed by atoms with E-state index in [2.05, 4.69) is 38.0 Å². The summed E-state index contributed by atoms with van der Waals surface area (Å²) in [6, 6.07) is 10.3. The van der Waals surface area contributed by atoms with E-state index in [1.54, 1.807) is 18.2 Å². The normalized spacial score (nSPS) is 24.8. The Hall–Kier alpha value is -4.68. The number of phosphoric ester groups is 2. The van der Waals surface area contributed by atoms with E-state index >= 15 is 0 Å². The van der Waals surface area contributed by atoms with Crippen molar-refractivity contribution in [3.05, 3.63) is 84.6 Å². The highest BCUT2D eigenvalue weighted by molar-refractivity contribution is 7.86. The second-order valence-corrected chi connectivity index (χ2v) is 26.6. The van der Waals surface area contributed by atoms with Crippen LogP contribution in [-0.2, 0) is 66.5 Å². The van der Waals surface area contributed by atoms with Crippen LogP contribution in [0.1, 0.15) is 90.3 Å². The molecule has 9 atom stereocenters.